The fraction of sp³-hybridized carbons (Fsp3) is 0.0909. The standard InChI is InChI=1S/C11H11N3OS/c16-11(13-10-6-7-15-14-10)12-8-9-4-2-1-3-5-9/h1-7H,8H2,(H2,12,13,14,16). The summed E-state index contributed by atoms with van der Waals surface area (Å²) < 4.78 is 4.68. The van der Waals surface area contributed by atoms with E-state index in [0.29, 0.717) is 17.5 Å². The summed E-state index contributed by atoms with van der Waals surface area (Å²) in [5.41, 5.74) is 1.17. The average Bonchev–Trinajstić information content (AvgIpc) is 2.81. The van der Waals surface area contributed by atoms with Crippen molar-refractivity contribution < 1.29 is 4.52 Å². The van der Waals surface area contributed by atoms with Crippen molar-refractivity contribution in [1.29, 1.82) is 0 Å². The Morgan fingerprint density at radius 2 is 2.06 bits per heavy atom. The van der Waals surface area contributed by atoms with E-state index in [-0.39, 0.29) is 0 Å². The van der Waals surface area contributed by atoms with E-state index >= 15 is 0 Å². The maximum atomic E-state index is 5.10. The summed E-state index contributed by atoms with van der Waals surface area (Å²) in [7, 11) is 0. The van der Waals surface area contributed by atoms with Gasteiger partial charge in [0.2, 0.25) is 0 Å². The first-order chi connectivity index (χ1) is 7.84. The highest BCUT2D eigenvalue weighted by Gasteiger charge is 1.99. The van der Waals surface area contributed by atoms with Gasteiger partial charge in [-0.1, -0.05) is 35.5 Å². The Labute approximate surface area is 98.6 Å². The third-order valence-corrected chi connectivity index (χ3v) is 2.22. The predicted octanol–water partition coefficient (Wildman–Crippen LogP) is 2.16. The molecule has 82 valence electrons. The van der Waals surface area contributed by atoms with Gasteiger partial charge in [0.05, 0.1) is 0 Å². The molecule has 0 saturated heterocycles. The number of nitrogens with zero attached hydrogens (tertiary/aromatic N) is 1. The van der Waals surface area contributed by atoms with Crippen molar-refractivity contribution in [3.8, 4) is 0 Å². The molecular formula is C11H11N3OS. The minimum Gasteiger partial charge on any atom is -0.363 e. The van der Waals surface area contributed by atoms with Crippen LogP contribution in [0, 0.1) is 0 Å². The molecule has 0 saturated carbocycles. The molecule has 5 heteroatoms. The van der Waals surface area contributed by atoms with Gasteiger partial charge < -0.3 is 15.2 Å². The Balaban J connectivity index is 1.80. The third-order valence-electron chi connectivity index (χ3n) is 1.98. The summed E-state index contributed by atoms with van der Waals surface area (Å²) >= 11 is 5.10. The molecule has 0 aliphatic heterocycles. The van der Waals surface area contributed by atoms with Crippen LogP contribution in [0.3, 0.4) is 0 Å². The lowest BCUT2D eigenvalue weighted by Crippen LogP contribution is -2.27. The minimum absolute atomic E-state index is 0.526. The Kier molecular flexibility index (Phi) is 3.50. The van der Waals surface area contributed by atoms with Gasteiger partial charge in [0.15, 0.2) is 10.9 Å². The summed E-state index contributed by atoms with van der Waals surface area (Å²) in [5, 5.41) is 10.2. The van der Waals surface area contributed by atoms with Crippen molar-refractivity contribution >= 4 is 23.1 Å². The summed E-state index contributed by atoms with van der Waals surface area (Å²) in [6.07, 6.45) is 1.49. The molecule has 1 heterocycles. The molecule has 0 atom stereocenters. The van der Waals surface area contributed by atoms with E-state index < -0.39 is 0 Å². The van der Waals surface area contributed by atoms with Gasteiger partial charge >= 0.3 is 0 Å². The second-order valence-electron chi connectivity index (χ2n) is 3.18. The molecule has 0 aliphatic carbocycles. The molecular weight excluding hydrogens is 222 g/mol. The van der Waals surface area contributed by atoms with Crippen LogP contribution in [0.4, 0.5) is 5.82 Å². The maximum absolute atomic E-state index is 5.10. The van der Waals surface area contributed by atoms with Crippen LogP contribution in [0.2, 0.25) is 0 Å². The average molecular weight is 233 g/mol. The molecule has 1 aromatic carbocycles. The number of nitrogens with one attached hydrogen (secondary N) is 2. The number of thiocarbonyl (C=S) groups is 1. The van der Waals surface area contributed by atoms with E-state index in [1.807, 2.05) is 30.3 Å². The van der Waals surface area contributed by atoms with Gasteiger partial charge in [0, 0.05) is 12.6 Å². The predicted molar refractivity (Wildman–Crippen MR) is 66.0 cm³/mol. The largest absolute Gasteiger partial charge is 0.363 e. The zero-order valence-corrected chi connectivity index (χ0v) is 9.33. The van der Waals surface area contributed by atoms with E-state index in [4.69, 9.17) is 12.2 Å². The molecule has 4 nitrogen and oxygen atoms in total. The first kappa shape index (κ1) is 10.6. The molecule has 0 spiro atoms. The normalized spacial score (nSPS) is 9.75. The van der Waals surface area contributed by atoms with Crippen LogP contribution in [-0.2, 0) is 6.54 Å². The molecule has 2 aromatic rings. The van der Waals surface area contributed by atoms with Crippen molar-refractivity contribution in [2.45, 2.75) is 6.54 Å². The van der Waals surface area contributed by atoms with Crippen molar-refractivity contribution in [3.05, 3.63) is 48.2 Å². The van der Waals surface area contributed by atoms with Crippen LogP contribution in [0.25, 0.3) is 0 Å². The van der Waals surface area contributed by atoms with Crippen LogP contribution in [0.15, 0.2) is 47.2 Å². The number of hydrogen-bond acceptors (Lipinski definition) is 3. The van der Waals surface area contributed by atoms with Gasteiger partial charge in [-0.05, 0) is 17.8 Å². The lowest BCUT2D eigenvalue weighted by molar-refractivity contribution is 0.423. The molecule has 2 N–H and O–H groups in total. The van der Waals surface area contributed by atoms with Gasteiger partial charge in [-0.25, -0.2) is 0 Å². The van der Waals surface area contributed by atoms with E-state index in [2.05, 4.69) is 20.3 Å². The molecule has 0 amide bonds. The second kappa shape index (κ2) is 5.27. The van der Waals surface area contributed by atoms with Gasteiger partial charge in [0.1, 0.15) is 6.26 Å². The van der Waals surface area contributed by atoms with Crippen LogP contribution in [-0.4, -0.2) is 10.3 Å². The highest BCUT2D eigenvalue weighted by atomic mass is 32.1. The number of hydrogen-bond donors (Lipinski definition) is 2. The number of aromatic nitrogens is 1. The monoisotopic (exact) mass is 233 g/mol. The molecule has 1 aromatic heterocycles. The maximum Gasteiger partial charge on any atom is 0.175 e. The fourth-order valence-corrected chi connectivity index (χ4v) is 1.39. The van der Waals surface area contributed by atoms with Crippen molar-refractivity contribution in [2.75, 3.05) is 5.32 Å². The quantitative estimate of drug-likeness (QED) is 0.796. The number of anilines is 1. The van der Waals surface area contributed by atoms with E-state index in [1.54, 1.807) is 6.07 Å². The Bertz CT molecular complexity index is 442. The molecule has 0 bridgehead atoms. The van der Waals surface area contributed by atoms with Crippen molar-refractivity contribution in [1.82, 2.24) is 10.5 Å². The Morgan fingerprint density at radius 1 is 1.25 bits per heavy atom. The van der Waals surface area contributed by atoms with Gasteiger partial charge in [0.25, 0.3) is 0 Å². The first-order valence-corrected chi connectivity index (χ1v) is 5.24. The van der Waals surface area contributed by atoms with Crippen molar-refractivity contribution in [2.24, 2.45) is 0 Å². The Hall–Kier alpha value is -1.88. The van der Waals surface area contributed by atoms with E-state index in [1.165, 1.54) is 11.8 Å². The smallest absolute Gasteiger partial charge is 0.175 e. The number of benzene rings is 1. The lowest BCUT2D eigenvalue weighted by Gasteiger charge is -2.07. The topological polar surface area (TPSA) is 50.1 Å². The van der Waals surface area contributed by atoms with Crippen molar-refractivity contribution in [3.63, 3.8) is 0 Å². The van der Waals surface area contributed by atoms with Crippen LogP contribution in [0.5, 0.6) is 0 Å². The highest BCUT2D eigenvalue weighted by Crippen LogP contribution is 2.01. The molecule has 0 unspecified atom stereocenters. The molecule has 0 aliphatic rings. The number of rotatable bonds is 3. The van der Waals surface area contributed by atoms with Gasteiger partial charge in [-0.3, -0.25) is 0 Å². The van der Waals surface area contributed by atoms with E-state index in [9.17, 15) is 0 Å². The van der Waals surface area contributed by atoms with Crippen LogP contribution >= 0.6 is 12.2 Å². The molecule has 0 radical (unpaired) electrons. The second-order valence-corrected chi connectivity index (χ2v) is 3.59. The minimum atomic E-state index is 0.526. The van der Waals surface area contributed by atoms with E-state index in [0.717, 1.165) is 0 Å². The fourth-order valence-electron chi connectivity index (χ4n) is 1.22. The molecule has 0 fully saturated rings. The first-order valence-electron chi connectivity index (χ1n) is 4.84. The van der Waals surface area contributed by atoms with Gasteiger partial charge in [-0.2, -0.15) is 0 Å². The Morgan fingerprint density at radius 3 is 2.75 bits per heavy atom. The zero-order chi connectivity index (χ0) is 11.2. The van der Waals surface area contributed by atoms with Crippen LogP contribution < -0.4 is 10.6 Å². The summed E-state index contributed by atoms with van der Waals surface area (Å²) in [5.74, 6) is 0.602. The molecule has 2 rings (SSSR count). The molecule has 16 heavy (non-hydrogen) atoms. The zero-order valence-electron chi connectivity index (χ0n) is 8.51. The summed E-state index contributed by atoms with van der Waals surface area (Å²) in [4.78, 5) is 0. The van der Waals surface area contributed by atoms with Gasteiger partial charge in [-0.15, -0.1) is 0 Å². The summed E-state index contributed by atoms with van der Waals surface area (Å²) in [6, 6.07) is 11.7. The summed E-state index contributed by atoms with van der Waals surface area (Å²) in [6.45, 7) is 0.685. The van der Waals surface area contributed by atoms with Crippen LogP contribution in [0.1, 0.15) is 5.56 Å². The third kappa shape index (κ3) is 3.06. The SMILES string of the molecule is S=C(NCc1ccccc1)Nc1ccon1. The highest BCUT2D eigenvalue weighted by molar-refractivity contribution is 7.80. The lowest BCUT2D eigenvalue weighted by atomic mass is 10.2.